The summed E-state index contributed by atoms with van der Waals surface area (Å²) in [5.74, 6) is -7.95. The lowest BCUT2D eigenvalue weighted by molar-refractivity contribution is -0.201. The smallest absolute Gasteiger partial charge is 0.407 e. The molecule has 0 aromatic heterocycles. The second kappa shape index (κ2) is 58.6. The zero-order chi connectivity index (χ0) is 68.5. The number of hydrogen-bond acceptors (Lipinski definition) is 20. The molecular formula is C60H116N10O19S6. The first-order chi connectivity index (χ1) is 41.7. The Morgan fingerprint density at radius 2 is 0.716 bits per heavy atom. The maximum atomic E-state index is 12.9. The molecule has 95 heavy (non-hydrogen) atoms. The summed E-state index contributed by atoms with van der Waals surface area (Å²) in [5, 5.41) is 5.41. The zero-order valence-corrected chi connectivity index (χ0v) is 63.6. The molecule has 0 aromatic rings. The third kappa shape index (κ3) is 51.4. The molecule has 2 aliphatic rings. The second-order valence-corrected chi connectivity index (χ2v) is 23.0. The van der Waals surface area contributed by atoms with E-state index in [4.69, 9.17) is 42.1 Å². The number of nitrogens with two attached hydrogens (primary N) is 4. The van der Waals surface area contributed by atoms with Gasteiger partial charge in [0, 0.05) is 82.2 Å². The zero-order valence-electron chi connectivity index (χ0n) is 57.6. The molecule has 29 nitrogen and oxygen atoms in total. The van der Waals surface area contributed by atoms with Crippen LogP contribution in [0.5, 0.6) is 0 Å². The molecule has 2 heterocycles. The number of amides is 11. The predicted octanol–water partition coefficient (Wildman–Crippen LogP) is 5.07. The Balaban J connectivity index is -0.000000213. The fourth-order valence-electron chi connectivity index (χ4n) is 8.38. The molecule has 0 aliphatic carbocycles. The molecule has 2 fully saturated rings. The number of carbonyl (C=O) groups excluding carboxylic acids is 15. The van der Waals surface area contributed by atoms with Crippen LogP contribution in [-0.2, 0) is 81.5 Å². The lowest BCUT2D eigenvalue weighted by Gasteiger charge is -2.23. The van der Waals surface area contributed by atoms with E-state index in [1.807, 2.05) is 34.6 Å². The van der Waals surface area contributed by atoms with Gasteiger partial charge < -0.3 is 62.5 Å². The molecule has 556 valence electrons. The van der Waals surface area contributed by atoms with Crippen molar-refractivity contribution in [1.29, 1.82) is 0 Å². The molecule has 3 atom stereocenters. The Labute approximate surface area is 603 Å². The Bertz CT molecular complexity index is 2240. The number of nitrogens with one attached hydrogen (secondary N) is 2. The monoisotopic (exact) mass is 1470 g/mol. The van der Waals surface area contributed by atoms with E-state index in [1.54, 1.807) is 41.5 Å². The minimum Gasteiger partial charge on any atom is -0.444 e. The van der Waals surface area contributed by atoms with E-state index in [0.29, 0.717) is 50.0 Å². The van der Waals surface area contributed by atoms with Crippen molar-refractivity contribution in [3.05, 3.63) is 0 Å². The highest BCUT2D eigenvalue weighted by atomic mass is 32.1. The fraction of sp³-hybridized carbons (Fsp3) is 0.750. The van der Waals surface area contributed by atoms with Crippen LogP contribution in [-0.4, -0.2) is 166 Å². The van der Waals surface area contributed by atoms with Gasteiger partial charge in [0.05, 0.1) is 13.1 Å². The van der Waals surface area contributed by atoms with E-state index in [2.05, 4.69) is 10.6 Å². The maximum absolute atomic E-state index is 12.9. The van der Waals surface area contributed by atoms with E-state index in [1.165, 1.54) is 4.90 Å². The molecule has 11 amide bonds. The summed E-state index contributed by atoms with van der Waals surface area (Å²) in [6.45, 7) is 18.3. The minimum atomic E-state index is -1.21. The molecule has 2 rings (SSSR count). The Kier molecular flexibility index (Phi) is 65.2. The van der Waals surface area contributed by atoms with Gasteiger partial charge in [0.1, 0.15) is 24.3 Å². The molecule has 0 bridgehead atoms. The quantitative estimate of drug-likeness (QED) is 0.0347. The topological polar surface area (TPSA) is 434 Å². The van der Waals surface area contributed by atoms with Crippen LogP contribution >= 0.6 is 81.0 Å². The summed E-state index contributed by atoms with van der Waals surface area (Å²) in [6, 6.07) is 0. The van der Waals surface area contributed by atoms with Gasteiger partial charge in [-0.3, -0.25) is 52.7 Å². The van der Waals surface area contributed by atoms with Gasteiger partial charge >= 0.3 is 24.1 Å². The average molecular weight is 1470 g/mol. The van der Waals surface area contributed by atoms with E-state index in [-0.39, 0.29) is 216 Å². The molecule has 0 aromatic carbocycles. The van der Waals surface area contributed by atoms with Crippen molar-refractivity contribution in [3.8, 4) is 0 Å². The average Bonchev–Trinajstić information content (AvgIpc) is 1.79. The Morgan fingerprint density at radius 3 is 0.968 bits per heavy atom. The number of rotatable bonds is 38. The number of ether oxygens (including phenoxy) is 2. The van der Waals surface area contributed by atoms with Crippen LogP contribution < -0.4 is 33.6 Å². The minimum absolute atomic E-state index is 0. The third-order valence-electron chi connectivity index (χ3n) is 13.2. The number of carbonyl (C=O) groups is 15. The number of hydrogen-bond donors (Lipinski definition) is 6. The first-order valence-electron chi connectivity index (χ1n) is 30.9. The van der Waals surface area contributed by atoms with Crippen molar-refractivity contribution < 1.29 is 91.1 Å². The first kappa shape index (κ1) is 106. The van der Waals surface area contributed by atoms with Gasteiger partial charge in [-0.25, -0.2) is 19.2 Å². The molecule has 10 N–H and O–H groups in total. The molecule has 0 saturated carbocycles. The number of Topliss-reactive ketones (excluding diaryl/α,β-unsaturated/α-hetero) is 2. The molecule has 35 heteroatoms. The standard InChI is InChI=1S/C30H54N4O7.C20H26N4O11.C8H18N2O.C2H6.6H2S/c1-6-22(27(31)38)14-10-8-12-16-24(35)20-34(26(37)18-19-33-29(40)41-30(3,4)5)21-25(36)17-13-9-11-15-23(7-2)28(32)39;1-20(2,3)33-19(32)21-9-8-12(25)22(10-17(30)34-23-13(26)4-5-14(23)27)11-18(31)35-24-15(28)6-7-16(24)29;1-2-7(8(10)11)5-3-4-6-9;1-2;;;;;;/h22-23H,6-21H2,1-5H3,(H2,31,38)(H2,32,39)(H,33,40);4-11H2,1-3H3,(H,21,32);7H,2-6,9H2,1H3,(H2,10,11);1-2H3;6*1H2/t22-,23-;;7-;;;;;;;/m0.0......./s1. The van der Waals surface area contributed by atoms with Crippen molar-refractivity contribution in [2.45, 2.75) is 229 Å². The summed E-state index contributed by atoms with van der Waals surface area (Å²) in [7, 11) is 0. The van der Waals surface area contributed by atoms with Crippen LogP contribution in [0.15, 0.2) is 0 Å². The van der Waals surface area contributed by atoms with Crippen LogP contribution in [0.4, 0.5) is 9.59 Å². The van der Waals surface area contributed by atoms with Crippen LogP contribution in [0, 0.1) is 17.8 Å². The van der Waals surface area contributed by atoms with Gasteiger partial charge in [-0.1, -0.05) is 66.7 Å². The van der Waals surface area contributed by atoms with Crippen molar-refractivity contribution >= 4 is 170 Å². The van der Waals surface area contributed by atoms with Gasteiger partial charge in [-0.05, 0) is 106 Å². The Hall–Kier alpha value is -5.49. The van der Waals surface area contributed by atoms with Crippen LogP contribution in [0.2, 0.25) is 0 Å². The third-order valence-corrected chi connectivity index (χ3v) is 13.2. The summed E-state index contributed by atoms with van der Waals surface area (Å²) < 4.78 is 10.2. The lowest BCUT2D eigenvalue weighted by atomic mass is 9.97. The number of ketones is 2. The van der Waals surface area contributed by atoms with Crippen molar-refractivity contribution in [1.82, 2.24) is 30.6 Å². The summed E-state index contributed by atoms with van der Waals surface area (Å²) in [5.41, 5.74) is 19.8. The van der Waals surface area contributed by atoms with Crippen molar-refractivity contribution in [3.63, 3.8) is 0 Å². The number of unbranched alkanes of at least 4 members (excludes halogenated alkanes) is 5. The highest BCUT2D eigenvalue weighted by molar-refractivity contribution is 7.60. The molecule has 0 spiro atoms. The van der Waals surface area contributed by atoms with E-state index < -0.39 is 83.9 Å². The first-order valence-corrected chi connectivity index (χ1v) is 30.9. The van der Waals surface area contributed by atoms with Crippen molar-refractivity contribution in [2.75, 3.05) is 45.8 Å². The highest BCUT2D eigenvalue weighted by Gasteiger charge is 2.36. The van der Waals surface area contributed by atoms with E-state index in [9.17, 15) is 71.9 Å². The van der Waals surface area contributed by atoms with Crippen LogP contribution in [0.3, 0.4) is 0 Å². The molecule has 0 unspecified atom stereocenters. The molecule has 2 aliphatic heterocycles. The highest BCUT2D eigenvalue weighted by Crippen LogP contribution is 2.18. The molecule has 2 saturated heterocycles. The van der Waals surface area contributed by atoms with Crippen LogP contribution in [0.1, 0.15) is 217 Å². The number of primary amides is 3. The second-order valence-electron chi connectivity index (χ2n) is 23.0. The van der Waals surface area contributed by atoms with Crippen LogP contribution in [0.25, 0.3) is 0 Å². The SMILES string of the molecule is CC.CC(C)(C)OC(=O)NCCC(=O)N(CC(=O)ON1C(=O)CCC1=O)CC(=O)ON1C(=O)CCC1=O.CC[C@@H](CCCCCC(=O)CN(CC(=O)CCCCC[C@H](CC)C(N)=O)C(=O)CCNC(=O)OC(C)(C)C)C(N)=O.CC[C@@H](CCCCN)C(N)=O.S.S.S.S.S.S. The maximum Gasteiger partial charge on any atom is 0.407 e. The van der Waals surface area contributed by atoms with Gasteiger partial charge in [0.25, 0.3) is 23.6 Å². The number of nitrogens with zero attached hydrogens (tertiary/aromatic N) is 4. The van der Waals surface area contributed by atoms with Gasteiger partial charge in [-0.15, -0.1) is 10.1 Å². The Morgan fingerprint density at radius 1 is 0.442 bits per heavy atom. The normalized spacial score (nSPS) is 12.9. The molecular weight excluding hydrogens is 1360 g/mol. The predicted molar refractivity (Wildman–Crippen MR) is 387 cm³/mol. The summed E-state index contributed by atoms with van der Waals surface area (Å²) in [4.78, 5) is 190. The lowest BCUT2D eigenvalue weighted by Crippen LogP contribution is -2.45. The summed E-state index contributed by atoms with van der Waals surface area (Å²) >= 11 is 0. The van der Waals surface area contributed by atoms with Gasteiger partial charge in [0.2, 0.25) is 29.5 Å². The van der Waals surface area contributed by atoms with Gasteiger partial charge in [0.15, 0.2) is 11.6 Å². The number of imide groups is 2. The summed E-state index contributed by atoms with van der Waals surface area (Å²) in [6.07, 6.45) is 8.87. The van der Waals surface area contributed by atoms with Gasteiger partial charge in [-0.2, -0.15) is 81.0 Å². The molecule has 0 radical (unpaired) electrons. The number of alkyl carbamates (subject to hydrolysis) is 2. The van der Waals surface area contributed by atoms with E-state index >= 15 is 0 Å². The number of hydroxylamine groups is 4. The fourth-order valence-corrected chi connectivity index (χ4v) is 8.38. The largest absolute Gasteiger partial charge is 0.444 e. The van der Waals surface area contributed by atoms with E-state index in [0.717, 1.165) is 51.4 Å². The van der Waals surface area contributed by atoms with Crippen molar-refractivity contribution in [2.24, 2.45) is 40.7 Å².